The smallest absolute Gasteiger partial charge is 0.261 e. The molecule has 0 atom stereocenters. The van der Waals surface area contributed by atoms with E-state index < -0.39 is 23.5 Å². The van der Waals surface area contributed by atoms with Crippen LogP contribution in [0.2, 0.25) is 0 Å². The number of rotatable bonds is 2. The quantitative estimate of drug-likeness (QED) is 0.597. The summed E-state index contributed by atoms with van der Waals surface area (Å²) < 4.78 is 77.5. The van der Waals surface area contributed by atoms with E-state index in [4.69, 9.17) is 0 Å². The molecule has 1 aromatic heterocycles. The van der Waals surface area contributed by atoms with Gasteiger partial charge in [-0.15, -0.1) is 0 Å². The highest BCUT2D eigenvalue weighted by Gasteiger charge is 2.36. The highest BCUT2D eigenvalue weighted by molar-refractivity contribution is 5.36. The van der Waals surface area contributed by atoms with Gasteiger partial charge in [-0.05, 0) is 46.9 Å². The summed E-state index contributed by atoms with van der Waals surface area (Å²) in [6.45, 7) is 5.87. The van der Waals surface area contributed by atoms with Crippen molar-refractivity contribution in [3.8, 4) is 0 Å². The topological polar surface area (TPSA) is 12.9 Å². The zero-order chi connectivity index (χ0) is 19.0. The molecular formula is C18H17F6N. The largest absolute Gasteiger partial charge is 0.416 e. The lowest BCUT2D eigenvalue weighted by Crippen LogP contribution is -2.13. The fourth-order valence-corrected chi connectivity index (χ4v) is 2.37. The molecule has 0 aliphatic rings. The van der Waals surface area contributed by atoms with Gasteiger partial charge in [-0.1, -0.05) is 20.8 Å². The molecule has 25 heavy (non-hydrogen) atoms. The van der Waals surface area contributed by atoms with Gasteiger partial charge in [0.25, 0.3) is 0 Å². The van der Waals surface area contributed by atoms with E-state index in [-0.39, 0.29) is 23.5 Å². The summed E-state index contributed by atoms with van der Waals surface area (Å²) in [6, 6.07) is 5.08. The third-order valence-corrected chi connectivity index (χ3v) is 3.72. The van der Waals surface area contributed by atoms with Crippen molar-refractivity contribution in [1.82, 2.24) is 4.98 Å². The molecule has 0 fully saturated rings. The molecule has 0 aliphatic heterocycles. The van der Waals surface area contributed by atoms with Gasteiger partial charge in [0, 0.05) is 18.3 Å². The van der Waals surface area contributed by atoms with Crippen LogP contribution in [0.1, 0.15) is 48.7 Å². The number of pyridine rings is 1. The standard InChI is InChI=1S/C18H17F6N/c1-16(2,3)12-4-5-25-15(10-12)8-11-6-13(17(19,20)21)9-14(7-11)18(22,23)24/h4-7,9-10H,8H2,1-3H3. The lowest BCUT2D eigenvalue weighted by atomic mass is 9.87. The van der Waals surface area contributed by atoms with Gasteiger partial charge in [0.15, 0.2) is 0 Å². The van der Waals surface area contributed by atoms with Gasteiger partial charge in [-0.25, -0.2) is 0 Å². The molecule has 0 N–H and O–H groups in total. The minimum atomic E-state index is -4.85. The zero-order valence-electron chi connectivity index (χ0n) is 13.9. The number of nitrogens with zero attached hydrogens (tertiary/aromatic N) is 1. The minimum absolute atomic E-state index is 0.0827. The van der Waals surface area contributed by atoms with Crippen LogP contribution in [-0.4, -0.2) is 4.98 Å². The molecule has 0 spiro atoms. The highest BCUT2D eigenvalue weighted by atomic mass is 19.4. The van der Waals surface area contributed by atoms with Gasteiger partial charge in [-0.3, -0.25) is 4.98 Å². The Labute approximate surface area is 141 Å². The summed E-state index contributed by atoms with van der Waals surface area (Å²) >= 11 is 0. The molecule has 0 unspecified atom stereocenters. The number of hydrogen-bond acceptors (Lipinski definition) is 1. The van der Waals surface area contributed by atoms with Crippen LogP contribution < -0.4 is 0 Å². The van der Waals surface area contributed by atoms with Crippen LogP contribution in [0.25, 0.3) is 0 Å². The van der Waals surface area contributed by atoms with Crippen molar-refractivity contribution in [2.75, 3.05) is 0 Å². The van der Waals surface area contributed by atoms with Crippen LogP contribution in [0.4, 0.5) is 26.3 Å². The Morgan fingerprint density at radius 2 is 1.28 bits per heavy atom. The third kappa shape index (κ3) is 4.96. The fraction of sp³-hybridized carbons (Fsp3) is 0.389. The Hall–Kier alpha value is -2.05. The maximum atomic E-state index is 12.9. The number of aromatic nitrogens is 1. The normalized spacial score (nSPS) is 13.2. The molecule has 0 saturated carbocycles. The summed E-state index contributed by atoms with van der Waals surface area (Å²) in [4.78, 5) is 4.07. The number of alkyl halides is 6. The lowest BCUT2D eigenvalue weighted by molar-refractivity contribution is -0.143. The Morgan fingerprint density at radius 1 is 0.760 bits per heavy atom. The van der Waals surface area contributed by atoms with Gasteiger partial charge < -0.3 is 0 Å². The predicted octanol–water partition coefficient (Wildman–Crippen LogP) is 6.01. The molecule has 0 aliphatic carbocycles. The predicted molar refractivity (Wildman–Crippen MR) is 82.2 cm³/mol. The van der Waals surface area contributed by atoms with E-state index in [0.717, 1.165) is 17.7 Å². The summed E-state index contributed by atoms with van der Waals surface area (Å²) in [5.74, 6) is 0. The van der Waals surface area contributed by atoms with Crippen molar-refractivity contribution in [2.45, 2.75) is 45.0 Å². The Bertz CT molecular complexity index is 721. The third-order valence-electron chi connectivity index (χ3n) is 3.72. The number of hydrogen-bond donors (Lipinski definition) is 0. The maximum absolute atomic E-state index is 12.9. The van der Waals surface area contributed by atoms with E-state index in [9.17, 15) is 26.3 Å². The first kappa shape index (κ1) is 19.3. The van der Waals surface area contributed by atoms with Crippen LogP contribution in [0.15, 0.2) is 36.5 Å². The first-order chi connectivity index (χ1) is 11.3. The Kier molecular flexibility index (Phi) is 4.90. The summed E-state index contributed by atoms with van der Waals surface area (Å²) in [6.07, 6.45) is -8.31. The van der Waals surface area contributed by atoms with Gasteiger partial charge in [0.1, 0.15) is 0 Å². The van der Waals surface area contributed by atoms with E-state index in [1.54, 1.807) is 12.1 Å². The zero-order valence-corrected chi connectivity index (χ0v) is 13.9. The lowest BCUT2D eigenvalue weighted by Gasteiger charge is -2.19. The van der Waals surface area contributed by atoms with Crippen molar-refractivity contribution in [3.05, 3.63) is 64.5 Å². The molecule has 1 aromatic carbocycles. The first-order valence-corrected chi connectivity index (χ1v) is 7.50. The Morgan fingerprint density at radius 3 is 1.72 bits per heavy atom. The van der Waals surface area contributed by atoms with Gasteiger partial charge >= 0.3 is 12.4 Å². The van der Waals surface area contributed by atoms with Crippen molar-refractivity contribution >= 4 is 0 Å². The van der Waals surface area contributed by atoms with Gasteiger partial charge in [-0.2, -0.15) is 26.3 Å². The van der Waals surface area contributed by atoms with Crippen LogP contribution in [-0.2, 0) is 24.2 Å². The van der Waals surface area contributed by atoms with E-state index in [2.05, 4.69) is 4.98 Å². The number of benzene rings is 1. The second kappa shape index (κ2) is 6.35. The minimum Gasteiger partial charge on any atom is -0.261 e. The molecule has 2 rings (SSSR count). The highest BCUT2D eigenvalue weighted by Crippen LogP contribution is 2.36. The average Bonchev–Trinajstić information content (AvgIpc) is 2.44. The SMILES string of the molecule is CC(C)(C)c1ccnc(Cc2cc(C(F)(F)F)cc(C(F)(F)F)c2)c1. The van der Waals surface area contributed by atoms with Crippen LogP contribution in [0.3, 0.4) is 0 Å². The molecule has 0 saturated heterocycles. The van der Waals surface area contributed by atoms with Gasteiger partial charge in [0.05, 0.1) is 11.1 Å². The second-order valence-corrected chi connectivity index (χ2v) is 6.88. The molecule has 0 bridgehead atoms. The van der Waals surface area contributed by atoms with Crippen molar-refractivity contribution < 1.29 is 26.3 Å². The summed E-state index contributed by atoms with van der Waals surface area (Å²) in [5, 5.41) is 0. The molecule has 136 valence electrons. The van der Waals surface area contributed by atoms with Crippen LogP contribution in [0, 0.1) is 0 Å². The number of halogens is 6. The van der Waals surface area contributed by atoms with Crippen molar-refractivity contribution in [1.29, 1.82) is 0 Å². The molecule has 0 amide bonds. The average molecular weight is 361 g/mol. The van der Waals surface area contributed by atoms with E-state index >= 15 is 0 Å². The van der Waals surface area contributed by atoms with Crippen LogP contribution >= 0.6 is 0 Å². The monoisotopic (exact) mass is 361 g/mol. The molecule has 1 heterocycles. The molecule has 7 heteroatoms. The summed E-state index contributed by atoms with van der Waals surface area (Å²) in [5.41, 5.74) is -1.60. The molecule has 0 radical (unpaired) electrons. The summed E-state index contributed by atoms with van der Waals surface area (Å²) in [7, 11) is 0. The van der Waals surface area contributed by atoms with E-state index in [1.165, 1.54) is 6.20 Å². The van der Waals surface area contributed by atoms with E-state index in [1.807, 2.05) is 20.8 Å². The molecule has 1 nitrogen and oxygen atoms in total. The Balaban J connectivity index is 2.46. The molecular weight excluding hydrogens is 344 g/mol. The van der Waals surface area contributed by atoms with E-state index in [0.29, 0.717) is 5.69 Å². The van der Waals surface area contributed by atoms with Crippen LogP contribution in [0.5, 0.6) is 0 Å². The fourth-order valence-electron chi connectivity index (χ4n) is 2.37. The first-order valence-electron chi connectivity index (χ1n) is 7.50. The van der Waals surface area contributed by atoms with Crippen molar-refractivity contribution in [3.63, 3.8) is 0 Å². The van der Waals surface area contributed by atoms with Crippen molar-refractivity contribution in [2.24, 2.45) is 0 Å². The molecule has 2 aromatic rings. The second-order valence-electron chi connectivity index (χ2n) is 6.88. The van der Waals surface area contributed by atoms with Gasteiger partial charge in [0.2, 0.25) is 0 Å². The maximum Gasteiger partial charge on any atom is 0.416 e.